The van der Waals surface area contributed by atoms with Crippen LogP contribution in [0.25, 0.3) is 0 Å². The molecule has 1 aromatic rings. The Morgan fingerprint density at radius 2 is 2.16 bits per heavy atom. The average Bonchev–Trinajstić information content (AvgIpc) is 2.84. The van der Waals surface area contributed by atoms with Crippen molar-refractivity contribution in [1.82, 2.24) is 20.2 Å². The van der Waals surface area contributed by atoms with E-state index in [0.717, 1.165) is 6.54 Å². The molecular weight excluding hydrogens is 236 g/mol. The molecule has 2 aliphatic rings. The van der Waals surface area contributed by atoms with E-state index < -0.39 is 0 Å². The molecule has 0 radical (unpaired) electrons. The van der Waals surface area contributed by atoms with E-state index in [9.17, 15) is 0 Å². The highest BCUT2D eigenvalue weighted by atomic mass is 15.1. The molecule has 1 aliphatic carbocycles. The SMILES string of the molecule is CNCC1(c2ncc(C3CCN(C)CC3)[nH]2)CCC1. The predicted molar refractivity (Wildman–Crippen MR) is 77.5 cm³/mol. The zero-order valence-corrected chi connectivity index (χ0v) is 12.2. The lowest BCUT2D eigenvalue weighted by Crippen LogP contribution is -2.43. The van der Waals surface area contributed by atoms with E-state index in [1.165, 1.54) is 56.7 Å². The highest BCUT2D eigenvalue weighted by Gasteiger charge is 2.40. The summed E-state index contributed by atoms with van der Waals surface area (Å²) in [5.41, 5.74) is 1.66. The van der Waals surface area contributed by atoms with Crippen LogP contribution in [0.3, 0.4) is 0 Å². The maximum Gasteiger partial charge on any atom is 0.113 e. The summed E-state index contributed by atoms with van der Waals surface area (Å²) in [5.74, 6) is 1.91. The smallest absolute Gasteiger partial charge is 0.113 e. The fourth-order valence-corrected chi connectivity index (χ4v) is 3.57. The van der Waals surface area contributed by atoms with Gasteiger partial charge in [-0.25, -0.2) is 4.98 Å². The van der Waals surface area contributed by atoms with Crippen molar-refractivity contribution in [3.05, 3.63) is 17.7 Å². The number of imidazole rings is 1. The van der Waals surface area contributed by atoms with Crippen LogP contribution < -0.4 is 5.32 Å². The second kappa shape index (κ2) is 5.25. The monoisotopic (exact) mass is 262 g/mol. The molecule has 1 aliphatic heterocycles. The van der Waals surface area contributed by atoms with E-state index in [1.807, 2.05) is 7.05 Å². The van der Waals surface area contributed by atoms with Gasteiger partial charge in [-0.3, -0.25) is 0 Å². The van der Waals surface area contributed by atoms with Crippen LogP contribution in [-0.4, -0.2) is 48.6 Å². The van der Waals surface area contributed by atoms with Crippen LogP contribution in [0.2, 0.25) is 0 Å². The zero-order valence-electron chi connectivity index (χ0n) is 12.2. The first-order chi connectivity index (χ1) is 9.23. The average molecular weight is 262 g/mol. The number of likely N-dealkylation sites (tertiary alicyclic amines) is 1. The van der Waals surface area contributed by atoms with Gasteiger partial charge in [-0.15, -0.1) is 0 Å². The van der Waals surface area contributed by atoms with Crippen molar-refractivity contribution < 1.29 is 0 Å². The number of rotatable bonds is 4. The van der Waals surface area contributed by atoms with Crippen molar-refractivity contribution in [2.75, 3.05) is 33.7 Å². The molecule has 0 atom stereocenters. The van der Waals surface area contributed by atoms with Gasteiger partial charge in [0.2, 0.25) is 0 Å². The lowest BCUT2D eigenvalue weighted by molar-refractivity contribution is 0.225. The third-order valence-corrected chi connectivity index (χ3v) is 5.08. The van der Waals surface area contributed by atoms with Gasteiger partial charge < -0.3 is 15.2 Å². The Hall–Kier alpha value is -0.870. The minimum absolute atomic E-state index is 0.290. The van der Waals surface area contributed by atoms with Gasteiger partial charge in [-0.1, -0.05) is 6.42 Å². The van der Waals surface area contributed by atoms with Crippen LogP contribution in [0, 0.1) is 0 Å². The number of aromatic nitrogens is 2. The second-order valence-electron chi connectivity index (χ2n) is 6.43. The van der Waals surface area contributed by atoms with Crippen molar-refractivity contribution in [1.29, 1.82) is 0 Å². The van der Waals surface area contributed by atoms with Crippen molar-refractivity contribution in [3.8, 4) is 0 Å². The third-order valence-electron chi connectivity index (χ3n) is 5.08. The molecule has 4 heteroatoms. The number of likely N-dealkylation sites (N-methyl/N-ethyl adjacent to an activating group) is 1. The zero-order chi connectivity index (χ0) is 13.3. The molecule has 0 spiro atoms. The Morgan fingerprint density at radius 1 is 1.42 bits per heavy atom. The molecule has 0 unspecified atom stereocenters. The van der Waals surface area contributed by atoms with Crippen LogP contribution in [0.15, 0.2) is 6.20 Å². The summed E-state index contributed by atoms with van der Waals surface area (Å²) in [6.07, 6.45) is 8.50. The molecule has 0 amide bonds. The lowest BCUT2D eigenvalue weighted by atomic mass is 9.68. The molecule has 2 heterocycles. The summed E-state index contributed by atoms with van der Waals surface area (Å²) in [6, 6.07) is 0. The number of H-pyrrole nitrogens is 1. The van der Waals surface area contributed by atoms with Gasteiger partial charge in [0, 0.05) is 29.8 Å². The van der Waals surface area contributed by atoms with Gasteiger partial charge in [0.05, 0.1) is 0 Å². The van der Waals surface area contributed by atoms with E-state index in [2.05, 4.69) is 28.4 Å². The standard InChI is InChI=1S/C15H26N4/c1-16-11-15(6-3-7-15)14-17-10-13(18-14)12-4-8-19(2)9-5-12/h10,12,16H,3-9,11H2,1-2H3,(H,17,18). The molecule has 19 heavy (non-hydrogen) atoms. The molecule has 2 fully saturated rings. The molecule has 3 rings (SSSR count). The van der Waals surface area contributed by atoms with Gasteiger partial charge in [0.1, 0.15) is 5.82 Å². The Labute approximate surface area is 116 Å². The minimum Gasteiger partial charge on any atom is -0.345 e. The topological polar surface area (TPSA) is 44.0 Å². The molecule has 1 aromatic heterocycles. The quantitative estimate of drug-likeness (QED) is 0.870. The maximum absolute atomic E-state index is 4.71. The number of hydrogen-bond donors (Lipinski definition) is 2. The highest BCUT2D eigenvalue weighted by molar-refractivity contribution is 5.19. The van der Waals surface area contributed by atoms with E-state index in [0.29, 0.717) is 11.3 Å². The molecule has 1 saturated carbocycles. The maximum atomic E-state index is 4.71. The Bertz CT molecular complexity index is 414. The van der Waals surface area contributed by atoms with Crippen LogP contribution in [-0.2, 0) is 5.41 Å². The minimum atomic E-state index is 0.290. The molecule has 0 bridgehead atoms. The first kappa shape index (κ1) is 13.1. The van der Waals surface area contributed by atoms with Crippen molar-refractivity contribution in [3.63, 3.8) is 0 Å². The van der Waals surface area contributed by atoms with Gasteiger partial charge in [0.15, 0.2) is 0 Å². The summed E-state index contributed by atoms with van der Waals surface area (Å²) in [4.78, 5) is 10.8. The largest absolute Gasteiger partial charge is 0.345 e. The normalized spacial score (nSPS) is 24.3. The van der Waals surface area contributed by atoms with Crippen molar-refractivity contribution in [2.45, 2.75) is 43.4 Å². The number of hydrogen-bond acceptors (Lipinski definition) is 3. The number of nitrogens with zero attached hydrogens (tertiary/aromatic N) is 2. The van der Waals surface area contributed by atoms with E-state index in [-0.39, 0.29) is 0 Å². The van der Waals surface area contributed by atoms with Crippen molar-refractivity contribution in [2.24, 2.45) is 0 Å². The Kier molecular flexibility index (Phi) is 3.63. The van der Waals surface area contributed by atoms with Crippen LogP contribution in [0.4, 0.5) is 0 Å². The van der Waals surface area contributed by atoms with Crippen LogP contribution in [0.5, 0.6) is 0 Å². The summed E-state index contributed by atoms with van der Waals surface area (Å²) in [7, 11) is 4.26. The molecular formula is C15H26N4. The third kappa shape index (κ3) is 2.43. The summed E-state index contributed by atoms with van der Waals surface area (Å²) in [6.45, 7) is 3.47. The van der Waals surface area contributed by atoms with E-state index in [4.69, 9.17) is 4.98 Å². The van der Waals surface area contributed by atoms with Gasteiger partial charge in [-0.05, 0) is 52.9 Å². The van der Waals surface area contributed by atoms with Crippen molar-refractivity contribution >= 4 is 0 Å². The van der Waals surface area contributed by atoms with Gasteiger partial charge in [-0.2, -0.15) is 0 Å². The summed E-state index contributed by atoms with van der Waals surface area (Å²) >= 11 is 0. The van der Waals surface area contributed by atoms with Crippen LogP contribution >= 0.6 is 0 Å². The molecule has 2 N–H and O–H groups in total. The predicted octanol–water partition coefficient (Wildman–Crippen LogP) is 1.86. The molecule has 1 saturated heterocycles. The van der Waals surface area contributed by atoms with Gasteiger partial charge in [0.25, 0.3) is 0 Å². The molecule has 106 valence electrons. The lowest BCUT2D eigenvalue weighted by Gasteiger charge is -2.40. The first-order valence-corrected chi connectivity index (χ1v) is 7.62. The molecule has 0 aromatic carbocycles. The molecule has 4 nitrogen and oxygen atoms in total. The Balaban J connectivity index is 1.72. The van der Waals surface area contributed by atoms with E-state index in [1.54, 1.807) is 0 Å². The number of aromatic amines is 1. The number of piperidine rings is 1. The fraction of sp³-hybridized carbons (Fsp3) is 0.800. The second-order valence-corrected chi connectivity index (χ2v) is 6.43. The summed E-state index contributed by atoms with van der Waals surface area (Å²) in [5, 5.41) is 3.34. The summed E-state index contributed by atoms with van der Waals surface area (Å²) < 4.78 is 0. The van der Waals surface area contributed by atoms with E-state index >= 15 is 0 Å². The number of nitrogens with one attached hydrogen (secondary N) is 2. The fourth-order valence-electron chi connectivity index (χ4n) is 3.57. The first-order valence-electron chi connectivity index (χ1n) is 7.62. The van der Waals surface area contributed by atoms with Gasteiger partial charge >= 0.3 is 0 Å². The van der Waals surface area contributed by atoms with Crippen LogP contribution in [0.1, 0.15) is 49.5 Å². The highest BCUT2D eigenvalue weighted by Crippen LogP contribution is 2.42. The Morgan fingerprint density at radius 3 is 2.74 bits per heavy atom.